The van der Waals surface area contributed by atoms with Gasteiger partial charge in [-0.2, -0.15) is 5.26 Å². The summed E-state index contributed by atoms with van der Waals surface area (Å²) in [5.41, 5.74) is 2.78. The predicted molar refractivity (Wildman–Crippen MR) is 141 cm³/mol. The van der Waals surface area contributed by atoms with Crippen LogP contribution in [0.15, 0.2) is 42.9 Å². The molecule has 13 heteroatoms. The largest absolute Gasteiger partial charge is 0.487 e. The van der Waals surface area contributed by atoms with Gasteiger partial charge in [0.2, 0.25) is 5.88 Å². The smallest absolute Gasteiger partial charge is 0.412 e. The van der Waals surface area contributed by atoms with E-state index >= 15 is 0 Å². The minimum absolute atomic E-state index is 0.0133. The maximum Gasteiger partial charge on any atom is 0.412 e. The predicted octanol–water partition coefficient (Wildman–Crippen LogP) is 5.04. The number of methoxy groups -OCH3 is 1. The molecule has 11 nitrogen and oxygen atoms in total. The molecule has 39 heavy (non-hydrogen) atoms. The second-order valence-corrected chi connectivity index (χ2v) is 9.39. The van der Waals surface area contributed by atoms with Gasteiger partial charge in [0.15, 0.2) is 11.6 Å². The van der Waals surface area contributed by atoms with Crippen LogP contribution in [0.25, 0.3) is 31.8 Å². The highest BCUT2D eigenvalue weighted by atomic mass is 32.1. The molecule has 0 radical (unpaired) electrons. The Kier molecular flexibility index (Phi) is 7.11. The number of ether oxygens (including phenoxy) is 3. The summed E-state index contributed by atoms with van der Waals surface area (Å²) in [4.78, 5) is 33.5. The molecule has 0 bridgehead atoms. The quantitative estimate of drug-likeness (QED) is 0.295. The number of aryl methyl sites for hydroxylation is 1. The normalized spacial score (nSPS) is 11.7. The number of anilines is 1. The lowest BCUT2D eigenvalue weighted by atomic mass is 10.1. The van der Waals surface area contributed by atoms with Gasteiger partial charge in [0.05, 0.1) is 64.3 Å². The average molecular weight is 546 g/mol. The Labute approximate surface area is 225 Å². The Morgan fingerprint density at radius 1 is 1.13 bits per heavy atom. The lowest BCUT2D eigenvalue weighted by molar-refractivity contribution is 0.0844. The van der Waals surface area contributed by atoms with Gasteiger partial charge in [0, 0.05) is 17.7 Å². The summed E-state index contributed by atoms with van der Waals surface area (Å²) in [6, 6.07) is 8.21. The molecular weight excluding hydrogens is 525 g/mol. The molecule has 0 aliphatic carbocycles. The number of thiazole rings is 1. The summed E-state index contributed by atoms with van der Waals surface area (Å²) in [6.07, 6.45) is 3.01. The maximum absolute atomic E-state index is 14.8. The Balaban J connectivity index is 1.33. The van der Waals surface area contributed by atoms with Gasteiger partial charge in [-0.25, -0.2) is 34.1 Å². The van der Waals surface area contributed by atoms with Crippen LogP contribution < -0.4 is 14.8 Å². The van der Waals surface area contributed by atoms with Crippen molar-refractivity contribution in [3.63, 3.8) is 0 Å². The highest BCUT2D eigenvalue weighted by Gasteiger charge is 2.18. The number of carbonyl (C=O) groups excluding carboxylic acids is 1. The molecule has 1 amide bonds. The van der Waals surface area contributed by atoms with Gasteiger partial charge in [-0.05, 0) is 26.0 Å². The molecule has 0 saturated heterocycles. The van der Waals surface area contributed by atoms with Crippen molar-refractivity contribution in [1.29, 1.82) is 5.26 Å². The zero-order valence-electron chi connectivity index (χ0n) is 20.9. The second-order valence-electron chi connectivity index (χ2n) is 8.36. The molecule has 0 spiro atoms. The van der Waals surface area contributed by atoms with E-state index in [0.717, 1.165) is 0 Å². The van der Waals surface area contributed by atoms with Crippen molar-refractivity contribution in [2.45, 2.75) is 20.0 Å². The lowest BCUT2D eigenvalue weighted by Gasteiger charge is -2.15. The van der Waals surface area contributed by atoms with Crippen molar-refractivity contribution in [3.8, 4) is 28.3 Å². The van der Waals surface area contributed by atoms with Gasteiger partial charge >= 0.3 is 6.09 Å². The summed E-state index contributed by atoms with van der Waals surface area (Å²) < 4.78 is 31.5. The van der Waals surface area contributed by atoms with E-state index in [-0.39, 0.29) is 12.4 Å². The van der Waals surface area contributed by atoms with Crippen LogP contribution in [-0.4, -0.2) is 50.8 Å². The summed E-state index contributed by atoms with van der Waals surface area (Å²) in [5, 5.41) is 12.6. The molecule has 0 aliphatic rings. The fraction of sp³-hybridized carbons (Fsp3) is 0.192. The number of nitriles is 1. The SMILES string of the molecule is COc1cnc2c(-c3nc4cc(F)c(OC[C@@H](C)OC(=O)Nc5cnc(C)nc5)cc4s3)cc(C#N)cc2n1. The number of aromatic nitrogens is 5. The van der Waals surface area contributed by atoms with Crippen LogP contribution in [0.3, 0.4) is 0 Å². The molecule has 0 fully saturated rings. The first-order chi connectivity index (χ1) is 18.8. The molecule has 1 atom stereocenters. The van der Waals surface area contributed by atoms with Gasteiger partial charge in [0.1, 0.15) is 23.5 Å². The number of nitrogens with one attached hydrogen (secondary N) is 1. The number of amides is 1. The van der Waals surface area contributed by atoms with Crippen LogP contribution in [0.1, 0.15) is 18.3 Å². The summed E-state index contributed by atoms with van der Waals surface area (Å²) >= 11 is 1.29. The molecule has 0 saturated carbocycles. The molecule has 196 valence electrons. The third kappa shape index (κ3) is 5.65. The van der Waals surface area contributed by atoms with Crippen molar-refractivity contribution >= 4 is 44.4 Å². The number of hydrogen-bond acceptors (Lipinski definition) is 11. The van der Waals surface area contributed by atoms with Crippen molar-refractivity contribution in [2.75, 3.05) is 19.0 Å². The van der Waals surface area contributed by atoms with E-state index in [0.29, 0.717) is 54.8 Å². The lowest BCUT2D eigenvalue weighted by Crippen LogP contribution is -2.25. The van der Waals surface area contributed by atoms with Crippen molar-refractivity contribution in [2.24, 2.45) is 0 Å². The van der Waals surface area contributed by atoms with Crippen LogP contribution in [0.5, 0.6) is 11.6 Å². The first-order valence-corrected chi connectivity index (χ1v) is 12.4. The topological polar surface area (TPSA) is 145 Å². The number of fused-ring (bicyclic) bond motifs is 2. The van der Waals surface area contributed by atoms with Gasteiger partial charge in [-0.1, -0.05) is 0 Å². The molecule has 5 aromatic rings. The van der Waals surface area contributed by atoms with Crippen LogP contribution in [-0.2, 0) is 4.74 Å². The summed E-state index contributed by atoms with van der Waals surface area (Å²) in [6.45, 7) is 3.26. The number of rotatable bonds is 7. The Morgan fingerprint density at radius 3 is 2.67 bits per heavy atom. The first-order valence-electron chi connectivity index (χ1n) is 11.6. The Bertz CT molecular complexity index is 1740. The molecular formula is C26H20FN7O4S. The number of halogens is 1. The number of hydrogen-bond donors (Lipinski definition) is 1. The van der Waals surface area contributed by atoms with Crippen LogP contribution in [0.2, 0.25) is 0 Å². The molecule has 0 aliphatic heterocycles. The minimum Gasteiger partial charge on any atom is -0.487 e. The number of benzene rings is 2. The number of carbonyl (C=O) groups is 1. The standard InChI is InChI=1S/C26H20FN7O4S/c1-13(38-26(35)32-16-9-29-14(2)30-10-16)12-37-21-7-22-19(6-18(21)27)34-25(39-22)17-4-15(8-28)5-20-24(17)31-11-23(33-20)36-3/h4-7,9-11,13H,12H2,1-3H3,(H,32,35)/t13-/m1/s1. The van der Waals surface area contributed by atoms with Crippen LogP contribution in [0, 0.1) is 24.1 Å². The third-order valence-electron chi connectivity index (χ3n) is 5.44. The third-order valence-corrected chi connectivity index (χ3v) is 6.50. The first kappa shape index (κ1) is 25.7. The molecule has 0 unspecified atom stereocenters. The minimum atomic E-state index is -0.714. The fourth-order valence-electron chi connectivity index (χ4n) is 3.62. The van der Waals surface area contributed by atoms with E-state index in [1.54, 1.807) is 26.0 Å². The van der Waals surface area contributed by atoms with Crippen LogP contribution in [0.4, 0.5) is 14.9 Å². The van der Waals surface area contributed by atoms with E-state index in [9.17, 15) is 14.4 Å². The zero-order chi connectivity index (χ0) is 27.5. The van der Waals surface area contributed by atoms with Crippen molar-refractivity contribution in [1.82, 2.24) is 24.9 Å². The number of nitrogens with zero attached hydrogens (tertiary/aromatic N) is 6. The highest BCUT2D eigenvalue weighted by Crippen LogP contribution is 2.37. The molecule has 3 aromatic heterocycles. The average Bonchev–Trinajstić information content (AvgIpc) is 3.34. The second kappa shape index (κ2) is 10.8. The van der Waals surface area contributed by atoms with Gasteiger partial charge < -0.3 is 14.2 Å². The van der Waals surface area contributed by atoms with E-state index in [1.165, 1.54) is 49.2 Å². The van der Waals surface area contributed by atoms with Crippen molar-refractivity contribution < 1.29 is 23.4 Å². The Morgan fingerprint density at radius 2 is 1.92 bits per heavy atom. The van der Waals surface area contributed by atoms with E-state index in [4.69, 9.17) is 14.2 Å². The fourth-order valence-corrected chi connectivity index (χ4v) is 4.61. The summed E-state index contributed by atoms with van der Waals surface area (Å²) in [7, 11) is 1.48. The van der Waals surface area contributed by atoms with E-state index in [2.05, 4.69) is 36.3 Å². The molecule has 1 N–H and O–H groups in total. The van der Waals surface area contributed by atoms with Crippen LogP contribution >= 0.6 is 11.3 Å². The zero-order valence-corrected chi connectivity index (χ0v) is 21.7. The van der Waals surface area contributed by atoms with E-state index in [1.807, 2.05) is 0 Å². The Hall–Kier alpha value is -4.96. The summed E-state index contributed by atoms with van der Waals surface area (Å²) in [5.74, 6) is 0.256. The van der Waals surface area contributed by atoms with E-state index < -0.39 is 18.0 Å². The molecule has 3 heterocycles. The van der Waals surface area contributed by atoms with Gasteiger partial charge in [-0.15, -0.1) is 11.3 Å². The maximum atomic E-state index is 14.8. The highest BCUT2D eigenvalue weighted by molar-refractivity contribution is 7.21. The van der Waals surface area contributed by atoms with Gasteiger partial charge in [-0.3, -0.25) is 5.32 Å². The van der Waals surface area contributed by atoms with Gasteiger partial charge in [0.25, 0.3) is 0 Å². The van der Waals surface area contributed by atoms with Crippen molar-refractivity contribution in [3.05, 3.63) is 60.1 Å². The monoisotopic (exact) mass is 545 g/mol. The molecule has 2 aromatic carbocycles. The molecule has 5 rings (SSSR count).